The molecule has 0 aromatic heterocycles. The molecule has 4 nitrogen and oxygen atoms in total. The Kier molecular flexibility index (Phi) is 2.46. The zero-order valence-corrected chi connectivity index (χ0v) is 5.90. The summed E-state index contributed by atoms with van der Waals surface area (Å²) < 4.78 is 0. The summed E-state index contributed by atoms with van der Waals surface area (Å²) in [5.41, 5.74) is 3.41. The Labute approximate surface area is 64.5 Å². The molecule has 11 heavy (non-hydrogen) atoms. The van der Waals surface area contributed by atoms with Gasteiger partial charge >= 0.3 is 0 Å². The molecule has 58 valence electrons. The summed E-state index contributed by atoms with van der Waals surface area (Å²) in [5, 5.41) is 0.856. The minimum atomic E-state index is 0.493. The molecule has 0 bridgehead atoms. The maximum absolute atomic E-state index is 10.0. The van der Waals surface area contributed by atoms with Gasteiger partial charge < -0.3 is 0 Å². The van der Waals surface area contributed by atoms with Crippen LogP contribution in [0.1, 0.15) is 0 Å². The Bertz CT molecular complexity index is 224. The van der Waals surface area contributed by atoms with Crippen LogP contribution in [0.4, 0.5) is 5.69 Å². The third-order valence-electron chi connectivity index (χ3n) is 1.15. The van der Waals surface area contributed by atoms with E-state index in [-0.39, 0.29) is 0 Å². The molecule has 0 saturated heterocycles. The summed E-state index contributed by atoms with van der Waals surface area (Å²) in [7, 11) is 0. The lowest BCUT2D eigenvalue weighted by atomic mass is 10.3. The van der Waals surface area contributed by atoms with E-state index < -0.39 is 0 Å². The van der Waals surface area contributed by atoms with E-state index in [2.05, 4.69) is 5.43 Å². The highest BCUT2D eigenvalue weighted by atomic mass is 16.2. The van der Waals surface area contributed by atoms with E-state index in [0.29, 0.717) is 6.41 Å². The molecule has 0 aliphatic carbocycles. The molecule has 0 saturated carbocycles. The Morgan fingerprint density at radius 1 is 1.36 bits per heavy atom. The van der Waals surface area contributed by atoms with E-state index in [1.54, 1.807) is 0 Å². The van der Waals surface area contributed by atoms with Crippen LogP contribution in [-0.2, 0) is 4.79 Å². The minimum Gasteiger partial charge on any atom is -0.282 e. The average Bonchev–Trinajstić information content (AvgIpc) is 2.06. The number of para-hydroxylation sites is 1. The number of hydrogen-bond donors (Lipinski definition) is 2. The monoisotopic (exact) mass is 151 g/mol. The van der Waals surface area contributed by atoms with Crippen LogP contribution in [0.2, 0.25) is 0 Å². The maximum atomic E-state index is 10.0. The van der Waals surface area contributed by atoms with E-state index >= 15 is 0 Å². The highest BCUT2D eigenvalue weighted by Gasteiger charge is 1.91. The number of anilines is 1. The predicted molar refractivity (Wildman–Crippen MR) is 42.2 cm³/mol. The fraction of sp³-hybridized carbons (Fsp3) is 0. The first-order chi connectivity index (χ1) is 5.33. The van der Waals surface area contributed by atoms with Gasteiger partial charge in [-0.2, -0.15) is 5.12 Å². The molecule has 0 aliphatic heterocycles. The Hall–Kier alpha value is -1.55. The second-order valence-corrected chi connectivity index (χ2v) is 1.99. The SMILES string of the molecule is NN(C=O)Nc1ccccc1. The molecule has 3 N–H and O–H groups in total. The summed E-state index contributed by atoms with van der Waals surface area (Å²) in [6.07, 6.45) is 0.493. The molecule has 1 aromatic rings. The van der Waals surface area contributed by atoms with Crippen molar-refractivity contribution < 1.29 is 4.79 Å². The van der Waals surface area contributed by atoms with Crippen molar-refractivity contribution in [2.24, 2.45) is 5.84 Å². The smallest absolute Gasteiger partial charge is 0.242 e. The molecule has 1 amide bonds. The zero-order chi connectivity index (χ0) is 8.10. The van der Waals surface area contributed by atoms with Crippen LogP contribution >= 0.6 is 0 Å². The van der Waals surface area contributed by atoms with Crippen molar-refractivity contribution in [1.82, 2.24) is 5.12 Å². The van der Waals surface area contributed by atoms with Gasteiger partial charge in [0.05, 0.1) is 5.69 Å². The number of benzene rings is 1. The van der Waals surface area contributed by atoms with E-state index in [1.165, 1.54) is 0 Å². The zero-order valence-electron chi connectivity index (χ0n) is 5.90. The van der Waals surface area contributed by atoms with Gasteiger partial charge in [0.25, 0.3) is 0 Å². The number of hydrogen-bond acceptors (Lipinski definition) is 3. The normalized spacial score (nSPS) is 8.82. The summed E-state index contributed by atoms with van der Waals surface area (Å²) in [6.45, 7) is 0. The Morgan fingerprint density at radius 3 is 2.55 bits per heavy atom. The molecule has 1 aromatic carbocycles. The van der Waals surface area contributed by atoms with Crippen molar-refractivity contribution in [3.05, 3.63) is 30.3 Å². The lowest BCUT2D eigenvalue weighted by molar-refractivity contribution is -0.117. The second kappa shape index (κ2) is 3.58. The molecule has 0 aliphatic rings. The van der Waals surface area contributed by atoms with Gasteiger partial charge in [0.15, 0.2) is 0 Å². The molecule has 0 spiro atoms. The van der Waals surface area contributed by atoms with Crippen LogP contribution in [0, 0.1) is 0 Å². The summed E-state index contributed by atoms with van der Waals surface area (Å²) >= 11 is 0. The molecule has 0 heterocycles. The number of carbonyl (C=O) groups is 1. The first-order valence-corrected chi connectivity index (χ1v) is 3.14. The molecule has 0 unspecified atom stereocenters. The van der Waals surface area contributed by atoms with Gasteiger partial charge in [-0.05, 0) is 12.1 Å². The number of nitrogens with one attached hydrogen (secondary N) is 1. The molecular formula is C7H9N3O. The van der Waals surface area contributed by atoms with Crippen molar-refractivity contribution in [2.45, 2.75) is 0 Å². The molecule has 0 atom stereocenters. The number of hydrazine groups is 2. The third kappa shape index (κ3) is 2.27. The minimum absolute atomic E-state index is 0.493. The quantitative estimate of drug-likeness (QED) is 0.283. The van der Waals surface area contributed by atoms with Crippen molar-refractivity contribution in [3.8, 4) is 0 Å². The lowest BCUT2D eigenvalue weighted by Gasteiger charge is -2.12. The van der Waals surface area contributed by atoms with Crippen molar-refractivity contribution >= 4 is 12.1 Å². The maximum Gasteiger partial charge on any atom is 0.242 e. The van der Waals surface area contributed by atoms with E-state index in [1.807, 2.05) is 30.3 Å². The number of nitrogens with two attached hydrogens (primary N) is 1. The highest BCUT2D eigenvalue weighted by molar-refractivity contribution is 5.52. The molecule has 0 fully saturated rings. The van der Waals surface area contributed by atoms with Gasteiger partial charge in [-0.1, -0.05) is 18.2 Å². The van der Waals surface area contributed by atoms with E-state index in [0.717, 1.165) is 10.8 Å². The summed E-state index contributed by atoms with van der Waals surface area (Å²) in [4.78, 5) is 10.0. The van der Waals surface area contributed by atoms with Crippen LogP contribution < -0.4 is 11.3 Å². The van der Waals surface area contributed by atoms with Crippen LogP contribution in [0.15, 0.2) is 30.3 Å². The molecule has 1 rings (SSSR count). The van der Waals surface area contributed by atoms with Crippen molar-refractivity contribution in [1.29, 1.82) is 0 Å². The standard InChI is InChI=1S/C7H9N3O/c8-10(6-11)9-7-4-2-1-3-5-7/h1-6,9H,8H2. The van der Waals surface area contributed by atoms with Gasteiger partial charge in [-0.15, -0.1) is 0 Å². The summed E-state index contributed by atoms with van der Waals surface area (Å²) in [6, 6.07) is 9.20. The van der Waals surface area contributed by atoms with Gasteiger partial charge in [0.2, 0.25) is 6.41 Å². The van der Waals surface area contributed by atoms with Gasteiger partial charge in [0.1, 0.15) is 0 Å². The van der Waals surface area contributed by atoms with Crippen molar-refractivity contribution in [2.75, 3.05) is 5.43 Å². The van der Waals surface area contributed by atoms with Crippen LogP contribution in [0.3, 0.4) is 0 Å². The Morgan fingerprint density at radius 2 is 2.00 bits per heavy atom. The summed E-state index contributed by atoms with van der Waals surface area (Å²) in [5.74, 6) is 5.16. The topological polar surface area (TPSA) is 58.4 Å². The largest absolute Gasteiger partial charge is 0.282 e. The predicted octanol–water partition coefficient (Wildman–Crippen LogP) is 0.346. The number of rotatable bonds is 3. The second-order valence-electron chi connectivity index (χ2n) is 1.99. The molecular weight excluding hydrogens is 142 g/mol. The van der Waals surface area contributed by atoms with Crippen LogP contribution in [0.25, 0.3) is 0 Å². The average molecular weight is 151 g/mol. The highest BCUT2D eigenvalue weighted by Crippen LogP contribution is 2.03. The van der Waals surface area contributed by atoms with Gasteiger partial charge in [-0.3, -0.25) is 10.2 Å². The number of nitrogens with zero attached hydrogens (tertiary/aromatic N) is 1. The van der Waals surface area contributed by atoms with Crippen LogP contribution in [-0.4, -0.2) is 11.5 Å². The van der Waals surface area contributed by atoms with E-state index in [9.17, 15) is 4.79 Å². The van der Waals surface area contributed by atoms with E-state index in [4.69, 9.17) is 5.84 Å². The first kappa shape index (κ1) is 7.56. The number of amides is 1. The third-order valence-corrected chi connectivity index (χ3v) is 1.15. The van der Waals surface area contributed by atoms with Crippen molar-refractivity contribution in [3.63, 3.8) is 0 Å². The first-order valence-electron chi connectivity index (χ1n) is 3.14. The van der Waals surface area contributed by atoms with Gasteiger partial charge in [-0.25, -0.2) is 5.84 Å². The number of carbonyl (C=O) groups excluding carboxylic acids is 1. The van der Waals surface area contributed by atoms with Gasteiger partial charge in [0, 0.05) is 0 Å². The molecule has 0 radical (unpaired) electrons. The lowest BCUT2D eigenvalue weighted by Crippen LogP contribution is -2.34. The molecule has 4 heteroatoms. The Balaban J connectivity index is 2.57. The fourth-order valence-corrected chi connectivity index (χ4v) is 0.688. The van der Waals surface area contributed by atoms with Crippen LogP contribution in [0.5, 0.6) is 0 Å². The fourth-order valence-electron chi connectivity index (χ4n) is 0.688.